The molecule has 184 valence electrons. The number of carboxylic acids is 1. The van der Waals surface area contributed by atoms with Crippen LogP contribution in [0.3, 0.4) is 0 Å². The third kappa shape index (κ3) is 4.67. The molecule has 0 fully saturated rings. The van der Waals surface area contributed by atoms with Gasteiger partial charge in [0, 0.05) is 12.0 Å². The fourth-order valence-corrected chi connectivity index (χ4v) is 4.67. The third-order valence-electron chi connectivity index (χ3n) is 7.61. The smallest absolute Gasteiger partial charge is 0.407 e. The summed E-state index contributed by atoms with van der Waals surface area (Å²) in [4.78, 5) is 37.1. The number of carbonyl (C=O) groups excluding carboxylic acids is 2. The first-order valence-electron chi connectivity index (χ1n) is 11.9. The molecule has 0 saturated carbocycles. The average Bonchev–Trinajstić information content (AvgIpc) is 3.40. The van der Waals surface area contributed by atoms with Gasteiger partial charge in [-0.05, 0) is 56.4 Å². The summed E-state index contributed by atoms with van der Waals surface area (Å²) in [6, 6.07) is 15.9. The van der Waals surface area contributed by atoms with Crippen molar-refractivity contribution in [1.29, 1.82) is 0 Å². The van der Waals surface area contributed by atoms with Crippen molar-refractivity contribution in [3.8, 4) is 11.1 Å². The fraction of sp³-hybridized carbons (Fsp3) is 0.393. The van der Waals surface area contributed by atoms with Gasteiger partial charge in [0.05, 0.1) is 16.9 Å². The van der Waals surface area contributed by atoms with Crippen molar-refractivity contribution >= 4 is 18.0 Å². The average molecular weight is 477 g/mol. The van der Waals surface area contributed by atoms with Crippen molar-refractivity contribution in [2.45, 2.75) is 51.6 Å². The van der Waals surface area contributed by atoms with Gasteiger partial charge < -0.3 is 20.5 Å². The van der Waals surface area contributed by atoms with Crippen LogP contribution in [-0.2, 0) is 14.3 Å². The van der Waals surface area contributed by atoms with Crippen LogP contribution in [0.25, 0.3) is 11.1 Å². The molecular weight excluding hydrogens is 444 g/mol. The van der Waals surface area contributed by atoms with Crippen molar-refractivity contribution in [3.63, 3.8) is 0 Å². The van der Waals surface area contributed by atoms with Gasteiger partial charge >= 0.3 is 12.1 Å². The summed E-state index contributed by atoms with van der Waals surface area (Å²) < 4.78 is 5.67. The van der Waals surface area contributed by atoms with Crippen LogP contribution in [0, 0.1) is 11.3 Å². The highest BCUT2D eigenvalue weighted by molar-refractivity contribution is 5.85. The Morgan fingerprint density at radius 3 is 2.06 bits per heavy atom. The number of amides is 2. The second kappa shape index (κ2) is 9.21. The van der Waals surface area contributed by atoms with Gasteiger partial charge in [0.25, 0.3) is 0 Å². The van der Waals surface area contributed by atoms with Gasteiger partial charge in [-0.3, -0.25) is 9.59 Å². The lowest BCUT2D eigenvalue weighted by atomic mass is 9.73. The van der Waals surface area contributed by atoms with E-state index in [2.05, 4.69) is 34.9 Å². The van der Waals surface area contributed by atoms with Crippen LogP contribution in [-0.4, -0.2) is 41.3 Å². The van der Waals surface area contributed by atoms with Gasteiger partial charge in [-0.2, -0.15) is 0 Å². The first-order chi connectivity index (χ1) is 16.5. The number of benzene rings is 2. The van der Waals surface area contributed by atoms with E-state index in [0.717, 1.165) is 22.3 Å². The van der Waals surface area contributed by atoms with Crippen molar-refractivity contribution in [2.75, 3.05) is 6.61 Å². The van der Waals surface area contributed by atoms with Gasteiger partial charge in [-0.1, -0.05) is 60.7 Å². The lowest BCUT2D eigenvalue weighted by Crippen LogP contribution is -2.60. The van der Waals surface area contributed by atoms with E-state index >= 15 is 0 Å². The number of hydrogen-bond acceptors (Lipinski definition) is 4. The Bertz CT molecular complexity index is 1140. The summed E-state index contributed by atoms with van der Waals surface area (Å²) in [7, 11) is 0. The summed E-state index contributed by atoms with van der Waals surface area (Å²) in [5, 5.41) is 14.9. The standard InChI is InChI=1S/C28H32N2O5/c1-27(2,25(33)29-18-14-13-17(15-18)24(31)32)28(3,4)30-26(34)35-16-23-21-11-7-5-9-19(21)20-10-6-8-12-22(20)23/h5-14,17-18,23H,15-16H2,1-4H3,(H,29,33)(H,30,34)(H,31,32). The number of ether oxygens (including phenoxy) is 1. The van der Waals surface area contributed by atoms with E-state index in [9.17, 15) is 14.4 Å². The number of fused-ring (bicyclic) bond motifs is 3. The zero-order valence-corrected chi connectivity index (χ0v) is 20.5. The van der Waals surface area contributed by atoms with E-state index in [1.807, 2.05) is 24.3 Å². The Morgan fingerprint density at radius 2 is 1.51 bits per heavy atom. The number of alkyl carbamates (subject to hydrolysis) is 1. The van der Waals surface area contributed by atoms with Crippen molar-refractivity contribution < 1.29 is 24.2 Å². The first-order valence-corrected chi connectivity index (χ1v) is 11.9. The summed E-state index contributed by atoms with van der Waals surface area (Å²) in [5.74, 6) is -1.84. The van der Waals surface area contributed by atoms with Crippen molar-refractivity contribution in [3.05, 3.63) is 71.8 Å². The summed E-state index contributed by atoms with van der Waals surface area (Å²) in [5.41, 5.74) is 2.64. The predicted molar refractivity (Wildman–Crippen MR) is 133 cm³/mol. The molecule has 7 nitrogen and oxygen atoms in total. The normalized spacial score (nSPS) is 19.1. The number of carboxylic acid groups (broad SMARTS) is 1. The third-order valence-corrected chi connectivity index (χ3v) is 7.61. The van der Waals surface area contributed by atoms with E-state index in [1.54, 1.807) is 39.8 Å². The van der Waals surface area contributed by atoms with E-state index in [0.29, 0.717) is 6.42 Å². The molecule has 3 N–H and O–H groups in total. The Balaban J connectivity index is 1.38. The zero-order chi connectivity index (χ0) is 25.4. The van der Waals surface area contributed by atoms with Gasteiger partial charge in [0.2, 0.25) is 5.91 Å². The molecule has 0 bridgehead atoms. The molecular formula is C28H32N2O5. The van der Waals surface area contributed by atoms with Gasteiger partial charge in [0.15, 0.2) is 0 Å². The molecule has 0 aromatic heterocycles. The number of nitrogens with one attached hydrogen (secondary N) is 2. The van der Waals surface area contributed by atoms with Crippen LogP contribution in [0.5, 0.6) is 0 Å². The minimum atomic E-state index is -0.992. The Morgan fingerprint density at radius 1 is 0.943 bits per heavy atom. The van der Waals surface area contributed by atoms with E-state index in [4.69, 9.17) is 9.84 Å². The topological polar surface area (TPSA) is 105 Å². The van der Waals surface area contributed by atoms with Crippen molar-refractivity contribution in [1.82, 2.24) is 10.6 Å². The van der Waals surface area contributed by atoms with E-state index in [1.165, 1.54) is 0 Å². The summed E-state index contributed by atoms with van der Waals surface area (Å²) in [6.45, 7) is 7.24. The molecule has 35 heavy (non-hydrogen) atoms. The van der Waals surface area contributed by atoms with Crippen molar-refractivity contribution in [2.24, 2.45) is 11.3 Å². The number of rotatable bonds is 7. The van der Waals surface area contributed by atoms with Gasteiger partial charge in [0.1, 0.15) is 6.61 Å². The van der Waals surface area contributed by atoms with Crippen LogP contribution in [0.1, 0.15) is 51.2 Å². The quantitative estimate of drug-likeness (QED) is 0.511. The van der Waals surface area contributed by atoms with Crippen LogP contribution < -0.4 is 10.6 Å². The maximum absolute atomic E-state index is 13.1. The molecule has 2 aliphatic carbocycles. The summed E-state index contributed by atoms with van der Waals surface area (Å²) >= 11 is 0. The maximum Gasteiger partial charge on any atom is 0.407 e. The zero-order valence-electron chi connectivity index (χ0n) is 20.5. The molecule has 7 heteroatoms. The summed E-state index contributed by atoms with van der Waals surface area (Å²) in [6.07, 6.45) is 3.03. The number of aliphatic carboxylic acids is 1. The van der Waals surface area contributed by atoms with Crippen LogP contribution in [0.15, 0.2) is 60.7 Å². The van der Waals surface area contributed by atoms with Crippen LogP contribution in [0.4, 0.5) is 4.79 Å². The van der Waals surface area contributed by atoms with Gasteiger partial charge in [-0.25, -0.2) is 4.79 Å². The predicted octanol–water partition coefficient (Wildman–Crippen LogP) is 4.48. The number of carbonyl (C=O) groups is 3. The van der Waals surface area contributed by atoms with Crippen LogP contribution in [0.2, 0.25) is 0 Å². The number of hydrogen-bond donors (Lipinski definition) is 3. The largest absolute Gasteiger partial charge is 0.481 e. The lowest BCUT2D eigenvalue weighted by Gasteiger charge is -2.41. The minimum Gasteiger partial charge on any atom is -0.481 e. The fourth-order valence-electron chi connectivity index (χ4n) is 4.67. The maximum atomic E-state index is 13.1. The Hall–Kier alpha value is -3.61. The SMILES string of the molecule is CC(C)(NC(=O)OCC1c2ccccc2-c2ccccc21)C(C)(C)C(=O)NC1C=CC(C(=O)O)C1. The minimum absolute atomic E-state index is 0.0519. The lowest BCUT2D eigenvalue weighted by molar-refractivity contribution is -0.140. The Kier molecular flexibility index (Phi) is 6.45. The van der Waals surface area contributed by atoms with Crippen LogP contribution >= 0.6 is 0 Å². The molecule has 0 aliphatic heterocycles. The van der Waals surface area contributed by atoms with E-state index in [-0.39, 0.29) is 24.5 Å². The monoisotopic (exact) mass is 476 g/mol. The molecule has 2 aliphatic rings. The molecule has 2 atom stereocenters. The second-order valence-corrected chi connectivity index (χ2v) is 10.3. The molecule has 2 amide bonds. The molecule has 0 saturated heterocycles. The molecule has 2 aromatic carbocycles. The highest BCUT2D eigenvalue weighted by atomic mass is 16.5. The first kappa shape index (κ1) is 24.5. The molecule has 0 spiro atoms. The second-order valence-electron chi connectivity index (χ2n) is 10.3. The molecule has 2 unspecified atom stereocenters. The van der Waals surface area contributed by atoms with Gasteiger partial charge in [-0.15, -0.1) is 0 Å². The molecule has 2 aromatic rings. The molecule has 0 heterocycles. The molecule has 0 radical (unpaired) electrons. The highest BCUT2D eigenvalue weighted by Gasteiger charge is 2.45. The molecule has 4 rings (SSSR count). The van der Waals surface area contributed by atoms with E-state index < -0.39 is 28.9 Å². The Labute approximate surface area is 205 Å². The highest BCUT2D eigenvalue weighted by Crippen LogP contribution is 2.44.